The van der Waals surface area contributed by atoms with Gasteiger partial charge in [-0.05, 0) is 54.0 Å². The van der Waals surface area contributed by atoms with Gasteiger partial charge in [0.1, 0.15) is 5.70 Å². The topological polar surface area (TPSA) is 117 Å². The first-order valence-electron chi connectivity index (χ1n) is 10.7. The third kappa shape index (κ3) is 5.36. The fraction of sp³-hybridized carbons (Fsp3) is 0.0769. The predicted octanol–water partition coefficient (Wildman–Crippen LogP) is 4.21. The zero-order valence-corrected chi connectivity index (χ0v) is 18.2. The number of aromatic amines is 1. The first kappa shape index (κ1) is 22.5. The van der Waals surface area contributed by atoms with Crippen molar-refractivity contribution in [3.05, 3.63) is 118 Å². The van der Waals surface area contributed by atoms with Crippen molar-refractivity contribution in [2.24, 2.45) is 0 Å². The van der Waals surface area contributed by atoms with Crippen LogP contribution in [0.4, 0.5) is 5.69 Å². The van der Waals surface area contributed by atoms with Crippen LogP contribution in [0.25, 0.3) is 17.0 Å². The van der Waals surface area contributed by atoms with Gasteiger partial charge in [-0.2, -0.15) is 0 Å². The van der Waals surface area contributed by atoms with Gasteiger partial charge in [0.15, 0.2) is 0 Å². The van der Waals surface area contributed by atoms with Gasteiger partial charge in [-0.25, -0.2) is 0 Å². The van der Waals surface area contributed by atoms with Crippen LogP contribution in [0.5, 0.6) is 0 Å². The average molecular weight is 454 g/mol. The minimum atomic E-state index is -0.497. The average Bonchev–Trinajstić information content (AvgIpc) is 3.27. The number of carbonyl (C=O) groups excluding carboxylic acids is 2. The van der Waals surface area contributed by atoms with Gasteiger partial charge in [0.25, 0.3) is 17.5 Å². The fourth-order valence-electron chi connectivity index (χ4n) is 3.55. The van der Waals surface area contributed by atoms with E-state index in [1.54, 1.807) is 30.3 Å². The molecule has 4 aromatic rings. The summed E-state index contributed by atoms with van der Waals surface area (Å²) >= 11 is 0. The van der Waals surface area contributed by atoms with E-state index in [9.17, 15) is 19.7 Å². The molecule has 0 spiro atoms. The SMILES string of the molecule is O=C(NCCc1c[nH]c2ccccc12)C(=Cc1ccc([N+](=O)[O-])cc1)NC(=O)c1ccccc1. The van der Waals surface area contributed by atoms with Gasteiger partial charge in [-0.15, -0.1) is 0 Å². The van der Waals surface area contributed by atoms with E-state index in [4.69, 9.17) is 0 Å². The second-order valence-corrected chi connectivity index (χ2v) is 7.59. The molecule has 0 unspecified atom stereocenters. The van der Waals surface area contributed by atoms with Crippen LogP contribution in [-0.4, -0.2) is 28.3 Å². The lowest BCUT2D eigenvalue weighted by molar-refractivity contribution is -0.384. The number of carbonyl (C=O) groups is 2. The Labute approximate surface area is 195 Å². The Kier molecular flexibility index (Phi) is 6.78. The van der Waals surface area contributed by atoms with E-state index >= 15 is 0 Å². The third-order valence-corrected chi connectivity index (χ3v) is 5.30. The molecule has 0 saturated carbocycles. The molecule has 0 bridgehead atoms. The minimum absolute atomic E-state index is 0.0432. The summed E-state index contributed by atoms with van der Waals surface area (Å²) in [6.07, 6.45) is 4.01. The Bertz CT molecular complexity index is 1360. The molecule has 1 aromatic heterocycles. The van der Waals surface area contributed by atoms with E-state index in [2.05, 4.69) is 15.6 Å². The van der Waals surface area contributed by atoms with E-state index in [0.717, 1.165) is 16.5 Å². The molecule has 3 aromatic carbocycles. The van der Waals surface area contributed by atoms with Crippen LogP contribution < -0.4 is 10.6 Å². The smallest absolute Gasteiger partial charge is 0.269 e. The summed E-state index contributed by atoms with van der Waals surface area (Å²) < 4.78 is 0. The van der Waals surface area contributed by atoms with Crippen LogP contribution in [0.3, 0.4) is 0 Å². The van der Waals surface area contributed by atoms with Crippen molar-refractivity contribution in [2.75, 3.05) is 6.54 Å². The normalized spacial score (nSPS) is 11.2. The summed E-state index contributed by atoms with van der Waals surface area (Å²) in [4.78, 5) is 39.3. The highest BCUT2D eigenvalue weighted by Gasteiger charge is 2.15. The molecule has 0 atom stereocenters. The standard InChI is InChI=1S/C26H22N4O4/c31-25(19-6-2-1-3-7-19)29-24(16-18-10-12-21(13-11-18)30(33)34)26(32)27-15-14-20-17-28-23-9-5-4-8-22(20)23/h1-13,16-17,28H,14-15H2,(H,27,32)(H,29,31). The quantitative estimate of drug-likeness (QED) is 0.210. The molecule has 3 N–H and O–H groups in total. The first-order valence-corrected chi connectivity index (χ1v) is 10.7. The highest BCUT2D eigenvalue weighted by molar-refractivity contribution is 6.05. The lowest BCUT2D eigenvalue weighted by Crippen LogP contribution is -2.35. The van der Waals surface area contributed by atoms with Gasteiger partial charge < -0.3 is 15.6 Å². The third-order valence-electron chi connectivity index (χ3n) is 5.30. The molecule has 0 aliphatic carbocycles. The second kappa shape index (κ2) is 10.3. The largest absolute Gasteiger partial charge is 0.361 e. The molecule has 0 aliphatic rings. The van der Waals surface area contributed by atoms with Crippen molar-refractivity contribution in [2.45, 2.75) is 6.42 Å². The van der Waals surface area contributed by atoms with Crippen molar-refractivity contribution in [3.63, 3.8) is 0 Å². The molecule has 2 amide bonds. The molecule has 170 valence electrons. The maximum absolute atomic E-state index is 13.0. The van der Waals surface area contributed by atoms with Crippen LogP contribution in [0.2, 0.25) is 0 Å². The number of aromatic nitrogens is 1. The second-order valence-electron chi connectivity index (χ2n) is 7.59. The molecular formula is C26H22N4O4. The molecule has 8 nitrogen and oxygen atoms in total. The molecule has 0 aliphatic heterocycles. The maximum Gasteiger partial charge on any atom is 0.269 e. The number of benzene rings is 3. The van der Waals surface area contributed by atoms with Gasteiger partial charge in [-0.1, -0.05) is 36.4 Å². The van der Waals surface area contributed by atoms with Crippen molar-refractivity contribution >= 4 is 34.5 Å². The van der Waals surface area contributed by atoms with Crippen LogP contribution in [-0.2, 0) is 11.2 Å². The van der Waals surface area contributed by atoms with Gasteiger partial charge in [0.2, 0.25) is 0 Å². The van der Waals surface area contributed by atoms with Gasteiger partial charge in [0.05, 0.1) is 4.92 Å². The minimum Gasteiger partial charge on any atom is -0.361 e. The van der Waals surface area contributed by atoms with E-state index in [1.165, 1.54) is 30.3 Å². The number of fused-ring (bicyclic) bond motifs is 1. The van der Waals surface area contributed by atoms with Crippen LogP contribution in [0.1, 0.15) is 21.5 Å². The highest BCUT2D eigenvalue weighted by Crippen LogP contribution is 2.18. The number of non-ortho nitro benzene ring substituents is 1. The summed E-state index contributed by atoms with van der Waals surface area (Å²) in [5, 5.41) is 17.5. The van der Waals surface area contributed by atoms with Crippen LogP contribution >= 0.6 is 0 Å². The van der Waals surface area contributed by atoms with Crippen LogP contribution in [0.15, 0.2) is 90.8 Å². The number of nitro groups is 1. The van der Waals surface area contributed by atoms with Gasteiger partial charge >= 0.3 is 0 Å². The maximum atomic E-state index is 13.0. The molecular weight excluding hydrogens is 432 g/mol. The van der Waals surface area contributed by atoms with Crippen LogP contribution in [0, 0.1) is 10.1 Å². The summed E-state index contributed by atoms with van der Waals surface area (Å²) in [5.41, 5.74) is 3.03. The molecule has 8 heteroatoms. The lowest BCUT2D eigenvalue weighted by atomic mass is 10.1. The van der Waals surface area contributed by atoms with E-state index in [1.807, 2.05) is 30.5 Å². The van der Waals surface area contributed by atoms with Crippen molar-refractivity contribution in [3.8, 4) is 0 Å². The van der Waals surface area contributed by atoms with E-state index in [0.29, 0.717) is 24.1 Å². The molecule has 1 heterocycles. The Morgan fingerprint density at radius 2 is 1.65 bits per heavy atom. The Morgan fingerprint density at radius 3 is 2.38 bits per heavy atom. The van der Waals surface area contributed by atoms with E-state index in [-0.39, 0.29) is 11.4 Å². The molecule has 0 fully saturated rings. The van der Waals surface area contributed by atoms with E-state index < -0.39 is 16.7 Å². The molecule has 0 saturated heterocycles. The number of H-pyrrole nitrogens is 1. The number of nitro benzene ring substituents is 1. The van der Waals surface area contributed by atoms with Crippen molar-refractivity contribution < 1.29 is 14.5 Å². The molecule has 4 rings (SSSR count). The Morgan fingerprint density at radius 1 is 0.941 bits per heavy atom. The van der Waals surface area contributed by atoms with Gasteiger partial charge in [-0.3, -0.25) is 19.7 Å². The number of nitrogens with one attached hydrogen (secondary N) is 3. The number of hydrogen-bond donors (Lipinski definition) is 3. The zero-order valence-electron chi connectivity index (χ0n) is 18.2. The highest BCUT2D eigenvalue weighted by atomic mass is 16.6. The monoisotopic (exact) mass is 454 g/mol. The first-order chi connectivity index (χ1) is 16.5. The number of nitrogens with zero attached hydrogens (tertiary/aromatic N) is 1. The summed E-state index contributed by atoms with van der Waals surface area (Å²) in [5.74, 6) is -0.886. The zero-order chi connectivity index (χ0) is 23.9. The number of rotatable bonds is 8. The Balaban J connectivity index is 1.50. The number of amides is 2. The van der Waals surface area contributed by atoms with Gasteiger partial charge in [0, 0.05) is 41.3 Å². The number of para-hydroxylation sites is 1. The fourth-order valence-corrected chi connectivity index (χ4v) is 3.55. The van der Waals surface area contributed by atoms with Crippen molar-refractivity contribution in [1.29, 1.82) is 0 Å². The lowest BCUT2D eigenvalue weighted by Gasteiger charge is -2.11. The molecule has 0 radical (unpaired) electrons. The summed E-state index contributed by atoms with van der Waals surface area (Å²) in [6.45, 7) is 0.361. The summed E-state index contributed by atoms with van der Waals surface area (Å²) in [6, 6.07) is 22.2. The molecule has 34 heavy (non-hydrogen) atoms. The van der Waals surface area contributed by atoms with Crippen molar-refractivity contribution in [1.82, 2.24) is 15.6 Å². The predicted molar refractivity (Wildman–Crippen MR) is 130 cm³/mol. The Hall–Kier alpha value is -4.72. The summed E-state index contributed by atoms with van der Waals surface area (Å²) in [7, 11) is 0. The number of hydrogen-bond acceptors (Lipinski definition) is 4.